The molecular formula is C15H22N2O3. The molecule has 1 saturated heterocycles. The summed E-state index contributed by atoms with van der Waals surface area (Å²) in [6, 6.07) is 8.04. The van der Waals surface area contributed by atoms with Crippen LogP contribution < -0.4 is 4.74 Å². The molecule has 0 bridgehead atoms. The zero-order chi connectivity index (χ0) is 14.4. The molecule has 110 valence electrons. The summed E-state index contributed by atoms with van der Waals surface area (Å²) in [7, 11) is 2.03. The normalized spacial score (nSPS) is 14.8. The number of carbonyl (C=O) groups excluding carboxylic acids is 1. The van der Waals surface area contributed by atoms with E-state index in [1.165, 1.54) is 5.56 Å². The number of amides is 1. The van der Waals surface area contributed by atoms with E-state index in [0.717, 1.165) is 18.8 Å². The number of likely N-dealkylation sites (N-methyl/N-ethyl adjacent to an activating group) is 1. The second-order valence-electron chi connectivity index (χ2n) is 5.07. The van der Waals surface area contributed by atoms with Gasteiger partial charge < -0.3 is 19.3 Å². The molecule has 2 rings (SSSR count). The second kappa shape index (κ2) is 7.14. The molecule has 1 heterocycles. The van der Waals surface area contributed by atoms with Gasteiger partial charge in [-0.2, -0.15) is 0 Å². The number of benzene rings is 1. The third-order valence-electron chi connectivity index (χ3n) is 3.36. The van der Waals surface area contributed by atoms with Crippen molar-refractivity contribution in [2.75, 3.05) is 46.4 Å². The van der Waals surface area contributed by atoms with Crippen LogP contribution in [-0.2, 0) is 4.74 Å². The smallest absolute Gasteiger partial charge is 0.409 e. The first-order valence-electron chi connectivity index (χ1n) is 6.95. The number of cyclic esters (lactones) is 1. The van der Waals surface area contributed by atoms with Gasteiger partial charge in [-0.15, -0.1) is 0 Å². The van der Waals surface area contributed by atoms with Crippen molar-refractivity contribution in [3.63, 3.8) is 0 Å². The molecule has 1 aliphatic heterocycles. The Morgan fingerprint density at radius 3 is 2.70 bits per heavy atom. The van der Waals surface area contributed by atoms with Gasteiger partial charge in [0.2, 0.25) is 0 Å². The Bertz CT molecular complexity index is 433. The van der Waals surface area contributed by atoms with Crippen LogP contribution in [0, 0.1) is 6.92 Å². The maximum absolute atomic E-state index is 11.3. The first-order chi connectivity index (χ1) is 9.65. The first kappa shape index (κ1) is 14.7. The van der Waals surface area contributed by atoms with Crippen LogP contribution in [0.1, 0.15) is 5.56 Å². The molecule has 0 saturated carbocycles. The van der Waals surface area contributed by atoms with Crippen LogP contribution in [0.3, 0.4) is 0 Å². The van der Waals surface area contributed by atoms with Gasteiger partial charge in [-0.1, -0.05) is 17.7 Å². The molecule has 1 aromatic carbocycles. The summed E-state index contributed by atoms with van der Waals surface area (Å²) in [6.07, 6.45) is -0.200. The van der Waals surface area contributed by atoms with Crippen molar-refractivity contribution in [3.8, 4) is 5.75 Å². The summed E-state index contributed by atoms with van der Waals surface area (Å²) >= 11 is 0. The highest BCUT2D eigenvalue weighted by atomic mass is 16.6. The lowest BCUT2D eigenvalue weighted by Gasteiger charge is -2.20. The van der Waals surface area contributed by atoms with Crippen LogP contribution in [0.4, 0.5) is 4.79 Å². The topological polar surface area (TPSA) is 42.0 Å². The van der Waals surface area contributed by atoms with Crippen molar-refractivity contribution < 1.29 is 14.3 Å². The number of carbonyl (C=O) groups is 1. The third kappa shape index (κ3) is 4.42. The Kier molecular flexibility index (Phi) is 5.24. The minimum Gasteiger partial charge on any atom is -0.492 e. The number of rotatable bonds is 7. The van der Waals surface area contributed by atoms with Crippen LogP contribution in [0.15, 0.2) is 24.3 Å². The molecule has 20 heavy (non-hydrogen) atoms. The SMILES string of the molecule is Cc1ccc(OCCN(C)CCN2CCOC2=O)cc1. The summed E-state index contributed by atoms with van der Waals surface area (Å²) in [5.41, 5.74) is 1.23. The van der Waals surface area contributed by atoms with Crippen molar-refractivity contribution in [2.24, 2.45) is 0 Å². The fourth-order valence-corrected chi connectivity index (χ4v) is 1.99. The third-order valence-corrected chi connectivity index (χ3v) is 3.36. The minimum absolute atomic E-state index is 0.200. The maximum atomic E-state index is 11.3. The maximum Gasteiger partial charge on any atom is 0.409 e. The first-order valence-corrected chi connectivity index (χ1v) is 6.95. The summed E-state index contributed by atoms with van der Waals surface area (Å²) in [4.78, 5) is 15.2. The Hall–Kier alpha value is -1.75. The van der Waals surface area contributed by atoms with Crippen LogP contribution >= 0.6 is 0 Å². The van der Waals surface area contributed by atoms with E-state index in [-0.39, 0.29) is 6.09 Å². The molecule has 1 amide bonds. The van der Waals surface area contributed by atoms with Gasteiger partial charge in [-0.05, 0) is 26.1 Å². The van der Waals surface area contributed by atoms with Crippen molar-refractivity contribution in [3.05, 3.63) is 29.8 Å². The van der Waals surface area contributed by atoms with Gasteiger partial charge in [0, 0.05) is 19.6 Å². The molecule has 0 radical (unpaired) electrons. The van der Waals surface area contributed by atoms with Crippen molar-refractivity contribution in [1.82, 2.24) is 9.80 Å². The Morgan fingerprint density at radius 2 is 2.05 bits per heavy atom. The van der Waals surface area contributed by atoms with E-state index in [0.29, 0.717) is 26.3 Å². The van der Waals surface area contributed by atoms with E-state index in [2.05, 4.69) is 11.8 Å². The summed E-state index contributed by atoms with van der Waals surface area (Å²) < 4.78 is 10.6. The van der Waals surface area contributed by atoms with E-state index in [1.807, 2.05) is 31.3 Å². The fraction of sp³-hybridized carbons (Fsp3) is 0.533. The highest BCUT2D eigenvalue weighted by Gasteiger charge is 2.21. The predicted molar refractivity (Wildman–Crippen MR) is 77.1 cm³/mol. The van der Waals surface area contributed by atoms with Crippen molar-refractivity contribution >= 4 is 6.09 Å². The van der Waals surface area contributed by atoms with Gasteiger partial charge in [0.15, 0.2) is 0 Å². The Balaban J connectivity index is 1.61. The van der Waals surface area contributed by atoms with Gasteiger partial charge in [-0.25, -0.2) is 4.79 Å². The van der Waals surface area contributed by atoms with E-state index in [4.69, 9.17) is 9.47 Å². The number of ether oxygens (including phenoxy) is 2. The van der Waals surface area contributed by atoms with Gasteiger partial charge in [0.1, 0.15) is 19.0 Å². The largest absolute Gasteiger partial charge is 0.492 e. The molecule has 1 aliphatic rings. The average molecular weight is 278 g/mol. The van der Waals surface area contributed by atoms with E-state index in [1.54, 1.807) is 4.90 Å². The molecule has 5 nitrogen and oxygen atoms in total. The van der Waals surface area contributed by atoms with E-state index in [9.17, 15) is 4.79 Å². The summed E-state index contributed by atoms with van der Waals surface area (Å²) in [5, 5.41) is 0. The second-order valence-corrected chi connectivity index (χ2v) is 5.07. The van der Waals surface area contributed by atoms with Crippen LogP contribution in [0.25, 0.3) is 0 Å². The molecule has 5 heteroatoms. The standard InChI is InChI=1S/C15H22N2O3/c1-13-3-5-14(6-4-13)19-11-9-16(2)7-8-17-10-12-20-15(17)18/h3-6H,7-12H2,1-2H3. The molecule has 0 aliphatic carbocycles. The predicted octanol–water partition coefficient (Wildman–Crippen LogP) is 1.76. The monoisotopic (exact) mass is 278 g/mol. The lowest BCUT2D eigenvalue weighted by molar-refractivity contribution is 0.154. The molecular weight excluding hydrogens is 256 g/mol. The minimum atomic E-state index is -0.200. The van der Waals surface area contributed by atoms with Gasteiger partial charge in [-0.3, -0.25) is 0 Å². The van der Waals surface area contributed by atoms with E-state index < -0.39 is 0 Å². The van der Waals surface area contributed by atoms with E-state index >= 15 is 0 Å². The molecule has 0 N–H and O–H groups in total. The van der Waals surface area contributed by atoms with Crippen molar-refractivity contribution in [1.29, 1.82) is 0 Å². The molecule has 0 atom stereocenters. The van der Waals surface area contributed by atoms with Crippen molar-refractivity contribution in [2.45, 2.75) is 6.92 Å². The summed E-state index contributed by atoms with van der Waals surface area (Å²) in [5.74, 6) is 0.895. The number of hydrogen-bond acceptors (Lipinski definition) is 4. The lowest BCUT2D eigenvalue weighted by atomic mass is 10.2. The van der Waals surface area contributed by atoms with Gasteiger partial charge in [0.25, 0.3) is 0 Å². The highest BCUT2D eigenvalue weighted by Crippen LogP contribution is 2.11. The fourth-order valence-electron chi connectivity index (χ4n) is 1.99. The van der Waals surface area contributed by atoms with Gasteiger partial charge in [0.05, 0.1) is 6.54 Å². The zero-order valence-electron chi connectivity index (χ0n) is 12.2. The Morgan fingerprint density at radius 1 is 1.30 bits per heavy atom. The number of aryl methyl sites for hydroxylation is 1. The number of nitrogens with zero attached hydrogens (tertiary/aromatic N) is 2. The van der Waals surface area contributed by atoms with Crippen LogP contribution in [-0.4, -0.2) is 62.3 Å². The quantitative estimate of drug-likeness (QED) is 0.762. The number of hydrogen-bond donors (Lipinski definition) is 0. The lowest BCUT2D eigenvalue weighted by Crippen LogP contribution is -2.35. The zero-order valence-corrected chi connectivity index (χ0v) is 12.2. The summed E-state index contributed by atoms with van der Waals surface area (Å²) in [6.45, 7) is 6.28. The Labute approximate surface area is 120 Å². The van der Waals surface area contributed by atoms with Crippen LogP contribution in [0.2, 0.25) is 0 Å². The molecule has 0 unspecified atom stereocenters. The molecule has 1 fully saturated rings. The highest BCUT2D eigenvalue weighted by molar-refractivity contribution is 5.69. The van der Waals surface area contributed by atoms with Gasteiger partial charge >= 0.3 is 6.09 Å². The molecule has 1 aromatic rings. The van der Waals surface area contributed by atoms with Crippen LogP contribution in [0.5, 0.6) is 5.75 Å². The molecule has 0 spiro atoms. The molecule has 0 aromatic heterocycles. The average Bonchev–Trinajstić information content (AvgIpc) is 2.84.